The molecule has 0 saturated heterocycles. The van der Waals surface area contributed by atoms with Crippen LogP contribution < -0.4 is 9.47 Å². The van der Waals surface area contributed by atoms with Gasteiger partial charge in [-0.15, -0.1) is 0 Å². The van der Waals surface area contributed by atoms with Gasteiger partial charge in [-0.1, -0.05) is 41.5 Å². The van der Waals surface area contributed by atoms with Crippen molar-refractivity contribution < 1.29 is 9.47 Å². The van der Waals surface area contributed by atoms with Crippen LogP contribution in [0.2, 0.25) is 0 Å². The molecule has 1 fully saturated rings. The average Bonchev–Trinajstić information content (AvgIpc) is 2.82. The van der Waals surface area contributed by atoms with Crippen molar-refractivity contribution in [2.75, 3.05) is 7.11 Å². The second-order valence-electron chi connectivity index (χ2n) is 11.6. The van der Waals surface area contributed by atoms with Crippen LogP contribution in [0, 0.1) is 49.4 Å². The van der Waals surface area contributed by atoms with Crippen LogP contribution in [0.4, 0.5) is 0 Å². The molecule has 2 heteroatoms. The van der Waals surface area contributed by atoms with Gasteiger partial charge in [0.25, 0.3) is 0 Å². The maximum atomic E-state index is 6.66. The first-order valence-corrected chi connectivity index (χ1v) is 11.7. The summed E-state index contributed by atoms with van der Waals surface area (Å²) in [6.07, 6.45) is 6.37. The van der Waals surface area contributed by atoms with Crippen LogP contribution in [0.25, 0.3) is 0 Å². The average molecular weight is 401 g/mol. The molecule has 0 aromatic heterocycles. The molecule has 0 radical (unpaired) electrons. The van der Waals surface area contributed by atoms with E-state index in [1.54, 1.807) is 7.11 Å². The Balaban J connectivity index is 1.74. The van der Waals surface area contributed by atoms with Crippen molar-refractivity contribution in [3.63, 3.8) is 0 Å². The van der Waals surface area contributed by atoms with Crippen molar-refractivity contribution in [2.45, 2.75) is 101 Å². The van der Waals surface area contributed by atoms with Crippen LogP contribution >= 0.6 is 0 Å². The summed E-state index contributed by atoms with van der Waals surface area (Å²) in [5.41, 5.74) is 5.85. The molecule has 0 N–H and O–H groups in total. The zero-order chi connectivity index (χ0) is 21.7. The number of fused-ring (bicyclic) bond motifs is 1. The molecule has 0 amide bonds. The minimum absolute atomic E-state index is 0.304. The van der Waals surface area contributed by atoms with Crippen LogP contribution in [0.15, 0.2) is 0 Å². The zero-order valence-electron chi connectivity index (χ0n) is 20.7. The molecule has 1 heterocycles. The van der Waals surface area contributed by atoms with Gasteiger partial charge in [-0.25, -0.2) is 0 Å². The summed E-state index contributed by atoms with van der Waals surface area (Å²) in [6, 6.07) is 0. The Labute approximate surface area is 179 Å². The quantitative estimate of drug-likeness (QED) is 0.511. The first kappa shape index (κ1) is 22.5. The molecule has 1 aromatic rings. The van der Waals surface area contributed by atoms with Crippen molar-refractivity contribution in [1.29, 1.82) is 0 Å². The van der Waals surface area contributed by atoms with Crippen molar-refractivity contribution in [3.8, 4) is 11.5 Å². The van der Waals surface area contributed by atoms with Gasteiger partial charge in [0.15, 0.2) is 0 Å². The van der Waals surface area contributed by atoms with Crippen LogP contribution in [-0.4, -0.2) is 13.2 Å². The second kappa shape index (κ2) is 7.82. The molecule has 1 aliphatic heterocycles. The molecule has 3 rings (SSSR count). The Hall–Kier alpha value is -1.18. The minimum atomic E-state index is 0.304. The highest BCUT2D eigenvalue weighted by Crippen LogP contribution is 2.54. The van der Waals surface area contributed by atoms with Crippen molar-refractivity contribution >= 4 is 0 Å². The van der Waals surface area contributed by atoms with Gasteiger partial charge in [0.1, 0.15) is 11.5 Å². The Morgan fingerprint density at radius 3 is 2.24 bits per heavy atom. The SMILES string of the molecule is COc1c(C)c(C)c2c(c1C)CCC(CC(C)(C)CC1CC(C)C(C)C1(C)C)O2. The number of hydrogen-bond acceptors (Lipinski definition) is 2. The fourth-order valence-electron chi connectivity index (χ4n) is 6.37. The van der Waals surface area contributed by atoms with Gasteiger partial charge >= 0.3 is 0 Å². The van der Waals surface area contributed by atoms with E-state index in [0.717, 1.165) is 48.5 Å². The summed E-state index contributed by atoms with van der Waals surface area (Å²) in [5, 5.41) is 0. The Morgan fingerprint density at radius 1 is 1.03 bits per heavy atom. The predicted octanol–water partition coefficient (Wildman–Crippen LogP) is 7.44. The van der Waals surface area contributed by atoms with Crippen molar-refractivity contribution in [1.82, 2.24) is 0 Å². The van der Waals surface area contributed by atoms with E-state index >= 15 is 0 Å². The molecule has 29 heavy (non-hydrogen) atoms. The lowest BCUT2D eigenvalue weighted by atomic mass is 9.68. The molecule has 4 atom stereocenters. The molecule has 0 bridgehead atoms. The first-order valence-electron chi connectivity index (χ1n) is 11.7. The highest BCUT2D eigenvalue weighted by Gasteiger charge is 2.46. The van der Waals surface area contributed by atoms with E-state index in [1.165, 1.54) is 35.1 Å². The molecule has 1 saturated carbocycles. The van der Waals surface area contributed by atoms with Gasteiger partial charge < -0.3 is 9.47 Å². The van der Waals surface area contributed by atoms with Crippen LogP contribution in [0.1, 0.15) is 89.5 Å². The molecular weight excluding hydrogens is 356 g/mol. The predicted molar refractivity (Wildman–Crippen MR) is 123 cm³/mol. The molecule has 1 aliphatic carbocycles. The van der Waals surface area contributed by atoms with Gasteiger partial charge in [0.05, 0.1) is 13.2 Å². The normalized spacial score (nSPS) is 28.8. The molecule has 0 spiro atoms. The van der Waals surface area contributed by atoms with Crippen molar-refractivity contribution in [2.24, 2.45) is 28.6 Å². The number of rotatable bonds is 5. The van der Waals surface area contributed by atoms with Gasteiger partial charge in [-0.3, -0.25) is 0 Å². The smallest absolute Gasteiger partial charge is 0.126 e. The van der Waals surface area contributed by atoms with Gasteiger partial charge in [0, 0.05) is 5.56 Å². The highest BCUT2D eigenvalue weighted by atomic mass is 16.5. The third-order valence-electron chi connectivity index (χ3n) is 8.83. The number of benzene rings is 1. The maximum Gasteiger partial charge on any atom is 0.126 e. The molecule has 2 nitrogen and oxygen atoms in total. The Kier molecular flexibility index (Phi) is 6.07. The summed E-state index contributed by atoms with van der Waals surface area (Å²) < 4.78 is 12.3. The first-order chi connectivity index (χ1) is 13.4. The van der Waals surface area contributed by atoms with Crippen LogP contribution in [0.3, 0.4) is 0 Å². The van der Waals surface area contributed by atoms with Crippen LogP contribution in [0.5, 0.6) is 11.5 Å². The number of methoxy groups -OCH3 is 1. The van der Waals surface area contributed by atoms with Gasteiger partial charge in [-0.2, -0.15) is 0 Å². The van der Waals surface area contributed by atoms with Gasteiger partial charge in [-0.05, 0) is 98.1 Å². The largest absolute Gasteiger partial charge is 0.496 e. The molecule has 164 valence electrons. The van der Waals surface area contributed by atoms with Crippen molar-refractivity contribution in [3.05, 3.63) is 22.3 Å². The standard InChI is InChI=1S/C27H44O2/c1-16-13-21(27(8,9)20(16)5)14-26(6,7)15-22-11-12-23-19(4)24(28-10)17(2)18(3)25(23)29-22/h16,20-22H,11-15H2,1-10H3. The highest BCUT2D eigenvalue weighted by molar-refractivity contribution is 5.58. The third kappa shape index (κ3) is 4.06. The van der Waals surface area contributed by atoms with E-state index in [-0.39, 0.29) is 0 Å². The fraction of sp³-hybridized carbons (Fsp3) is 0.778. The van der Waals surface area contributed by atoms with E-state index in [1.807, 2.05) is 0 Å². The monoisotopic (exact) mass is 400 g/mol. The minimum Gasteiger partial charge on any atom is -0.496 e. The number of ether oxygens (including phenoxy) is 2. The summed E-state index contributed by atoms with van der Waals surface area (Å²) in [4.78, 5) is 0. The number of hydrogen-bond donors (Lipinski definition) is 0. The van der Waals surface area contributed by atoms with E-state index in [0.29, 0.717) is 16.9 Å². The van der Waals surface area contributed by atoms with E-state index < -0.39 is 0 Å². The van der Waals surface area contributed by atoms with Gasteiger partial charge in [0.2, 0.25) is 0 Å². The lowest BCUT2D eigenvalue weighted by Gasteiger charge is -2.39. The third-order valence-corrected chi connectivity index (χ3v) is 8.83. The van der Waals surface area contributed by atoms with E-state index in [2.05, 4.69) is 62.3 Å². The topological polar surface area (TPSA) is 18.5 Å². The zero-order valence-corrected chi connectivity index (χ0v) is 20.7. The summed E-state index contributed by atoms with van der Waals surface area (Å²) >= 11 is 0. The summed E-state index contributed by atoms with van der Waals surface area (Å²) in [6.45, 7) is 21.4. The fourth-order valence-corrected chi connectivity index (χ4v) is 6.37. The lowest BCUT2D eigenvalue weighted by molar-refractivity contribution is 0.0777. The molecule has 2 aliphatic rings. The maximum absolute atomic E-state index is 6.66. The van der Waals surface area contributed by atoms with E-state index in [9.17, 15) is 0 Å². The molecular formula is C27H44O2. The summed E-state index contributed by atoms with van der Waals surface area (Å²) in [5.74, 6) is 4.64. The Bertz CT molecular complexity index is 759. The second-order valence-corrected chi connectivity index (χ2v) is 11.6. The van der Waals surface area contributed by atoms with Crippen LogP contribution in [-0.2, 0) is 6.42 Å². The molecule has 4 unspecified atom stereocenters. The molecule has 1 aromatic carbocycles. The Morgan fingerprint density at radius 2 is 1.69 bits per heavy atom. The lowest BCUT2D eigenvalue weighted by Crippen LogP contribution is -2.33. The van der Waals surface area contributed by atoms with E-state index in [4.69, 9.17) is 9.47 Å². The summed E-state index contributed by atoms with van der Waals surface area (Å²) in [7, 11) is 1.78.